The van der Waals surface area contributed by atoms with Crippen LogP contribution in [0.3, 0.4) is 0 Å². The molecule has 0 radical (unpaired) electrons. The van der Waals surface area contributed by atoms with Crippen LogP contribution < -0.4 is 0 Å². The number of hydrogen-bond donors (Lipinski definition) is 4. The molecule has 0 aromatic carbocycles. The summed E-state index contributed by atoms with van der Waals surface area (Å²) in [5, 5.41) is 45.7. The fraction of sp³-hybridized carbons (Fsp3) is 0.714. The molecule has 0 amide bonds. The second-order valence-corrected chi connectivity index (χ2v) is 11.3. The maximum Gasteiger partial charge on any atom is 0.179 e. The summed E-state index contributed by atoms with van der Waals surface area (Å²) < 4.78 is 0. The highest BCUT2D eigenvalue weighted by atomic mass is 16.3. The number of carbonyl (C=O) groups is 4. The van der Waals surface area contributed by atoms with Gasteiger partial charge in [-0.15, -0.1) is 0 Å². The number of unbranched alkanes of at least 4 members (excludes halogenated alkanes) is 4. The van der Waals surface area contributed by atoms with E-state index in [0.29, 0.717) is 19.3 Å². The summed E-state index contributed by atoms with van der Waals surface area (Å²) in [6.07, 6.45) is 3.95. The molecule has 4 N–H and O–H groups in total. The van der Waals surface area contributed by atoms with Gasteiger partial charge in [-0.2, -0.15) is 0 Å². The van der Waals surface area contributed by atoms with Gasteiger partial charge >= 0.3 is 0 Å². The first-order valence-electron chi connectivity index (χ1n) is 13.1. The summed E-state index contributed by atoms with van der Waals surface area (Å²) in [6.45, 7) is 8.84. The Bertz CT molecular complexity index is 1060. The van der Waals surface area contributed by atoms with Crippen molar-refractivity contribution in [3.63, 3.8) is 0 Å². The molecule has 0 unspecified atom stereocenters. The van der Waals surface area contributed by atoms with Crippen molar-refractivity contribution in [3.8, 4) is 0 Å². The average Bonchev–Trinajstić information content (AvgIpc) is 2.81. The summed E-state index contributed by atoms with van der Waals surface area (Å²) in [7, 11) is 0. The number of hydrogen-bond acceptors (Lipinski definition) is 8. The van der Waals surface area contributed by atoms with Crippen LogP contribution in [0.1, 0.15) is 92.9 Å². The van der Waals surface area contributed by atoms with Crippen LogP contribution in [0.4, 0.5) is 0 Å². The van der Waals surface area contributed by atoms with Gasteiger partial charge in [0.15, 0.2) is 17.3 Å². The monoisotopic (exact) mass is 504 g/mol. The molecule has 8 heteroatoms. The lowest BCUT2D eigenvalue weighted by Crippen LogP contribution is -2.80. The Labute approximate surface area is 212 Å². The van der Waals surface area contributed by atoms with E-state index in [1.165, 1.54) is 27.7 Å². The molecule has 6 atom stereocenters. The van der Waals surface area contributed by atoms with E-state index in [0.717, 1.165) is 19.3 Å². The Morgan fingerprint density at radius 1 is 0.833 bits per heavy atom. The maximum atomic E-state index is 14.1. The standard InChI is InChI=1S/C28H40O8/c1-7-9-11-13-16(29)18-19-20-27(6,36)21(31)15(3)22(32)28(20,17(30)14-12-10-8-2)25(4,23(18)33)24(34)26(19,5)35/h19-20,31,33,35-36H,7-14H2,1-6H3/t19-,20-,25-,26+,27+,28-/m1/s1. The fourth-order valence-corrected chi connectivity index (χ4v) is 7.20. The highest BCUT2D eigenvalue weighted by Crippen LogP contribution is 2.71. The maximum absolute atomic E-state index is 14.1. The van der Waals surface area contributed by atoms with E-state index in [1.807, 2.05) is 13.8 Å². The predicted octanol–water partition coefficient (Wildman–Crippen LogP) is 3.84. The molecular formula is C28H40O8. The molecule has 4 aliphatic carbocycles. The average molecular weight is 505 g/mol. The predicted molar refractivity (Wildman–Crippen MR) is 132 cm³/mol. The normalized spacial score (nSPS) is 38.0. The van der Waals surface area contributed by atoms with Gasteiger partial charge in [-0.05, 0) is 40.5 Å². The van der Waals surface area contributed by atoms with Crippen LogP contribution in [-0.4, -0.2) is 54.8 Å². The lowest BCUT2D eigenvalue weighted by Gasteiger charge is -2.67. The summed E-state index contributed by atoms with van der Waals surface area (Å²) in [4.78, 5) is 55.4. The SMILES string of the molecule is CCCCCC(=O)C1=C(O)[C@]2(C)C(=O)[C@@](C)(O)[C@H]1[C@H]1[C@]2(C(=O)CCCCC)C(=O)C(C)=C(O)[C@@]1(C)O. The van der Waals surface area contributed by atoms with Gasteiger partial charge in [0.1, 0.15) is 39.3 Å². The van der Waals surface area contributed by atoms with Crippen molar-refractivity contribution < 1.29 is 39.6 Å². The molecule has 0 heterocycles. The van der Waals surface area contributed by atoms with E-state index >= 15 is 0 Å². The van der Waals surface area contributed by atoms with Gasteiger partial charge in [0.2, 0.25) is 0 Å². The van der Waals surface area contributed by atoms with Crippen molar-refractivity contribution in [2.24, 2.45) is 22.7 Å². The zero-order valence-corrected chi connectivity index (χ0v) is 22.2. The van der Waals surface area contributed by atoms with Crippen molar-refractivity contribution in [3.05, 3.63) is 22.7 Å². The number of aliphatic hydroxyl groups excluding tert-OH is 2. The molecular weight excluding hydrogens is 464 g/mol. The fourth-order valence-electron chi connectivity index (χ4n) is 7.20. The van der Waals surface area contributed by atoms with E-state index in [4.69, 9.17) is 0 Å². The summed E-state index contributed by atoms with van der Waals surface area (Å²) >= 11 is 0. The minimum absolute atomic E-state index is 0.0329. The molecule has 0 aromatic heterocycles. The van der Waals surface area contributed by atoms with Crippen LogP contribution in [0.2, 0.25) is 0 Å². The summed E-state index contributed by atoms with van der Waals surface area (Å²) in [5.74, 6) is -7.39. The highest BCUT2D eigenvalue weighted by molar-refractivity contribution is 6.23. The van der Waals surface area contributed by atoms with Gasteiger partial charge in [-0.1, -0.05) is 39.5 Å². The Morgan fingerprint density at radius 2 is 1.36 bits per heavy atom. The molecule has 0 aliphatic heterocycles. The van der Waals surface area contributed by atoms with Crippen LogP contribution in [0, 0.1) is 22.7 Å². The minimum atomic E-state index is -2.29. The second-order valence-electron chi connectivity index (χ2n) is 11.3. The zero-order valence-electron chi connectivity index (χ0n) is 22.2. The van der Waals surface area contributed by atoms with Crippen LogP contribution in [0.15, 0.2) is 22.7 Å². The van der Waals surface area contributed by atoms with E-state index in [1.54, 1.807) is 0 Å². The smallest absolute Gasteiger partial charge is 0.179 e. The minimum Gasteiger partial charge on any atom is -0.511 e. The number of Topliss-reactive ketones (excluding diaryl/α,β-unsaturated/α-hetero) is 4. The quantitative estimate of drug-likeness (QED) is 0.259. The third-order valence-electron chi connectivity index (χ3n) is 9.04. The first-order valence-corrected chi connectivity index (χ1v) is 13.1. The topological polar surface area (TPSA) is 149 Å². The molecule has 0 saturated heterocycles. The molecule has 4 rings (SSSR count). The van der Waals surface area contributed by atoms with Crippen molar-refractivity contribution >= 4 is 23.1 Å². The van der Waals surface area contributed by atoms with Gasteiger partial charge < -0.3 is 20.4 Å². The molecule has 36 heavy (non-hydrogen) atoms. The van der Waals surface area contributed by atoms with E-state index < -0.39 is 68.5 Å². The van der Waals surface area contributed by atoms with Gasteiger partial charge in [0.05, 0.1) is 0 Å². The van der Waals surface area contributed by atoms with Gasteiger partial charge in [-0.3, -0.25) is 19.2 Å². The molecule has 8 nitrogen and oxygen atoms in total. The first-order chi connectivity index (χ1) is 16.6. The molecule has 0 aromatic rings. The molecule has 200 valence electrons. The Morgan fingerprint density at radius 3 is 1.89 bits per heavy atom. The molecule has 1 fully saturated rings. The summed E-state index contributed by atoms with van der Waals surface area (Å²) in [5.41, 5.74) is -9.58. The van der Waals surface area contributed by atoms with Crippen molar-refractivity contribution in [2.45, 2.75) is 104 Å². The number of ketones is 4. The number of rotatable bonds is 10. The zero-order chi connectivity index (χ0) is 27.4. The third kappa shape index (κ3) is 3.33. The van der Waals surface area contributed by atoms with Crippen LogP contribution in [0.25, 0.3) is 0 Å². The number of carbonyl (C=O) groups excluding carboxylic acids is 4. The first kappa shape index (κ1) is 28.3. The van der Waals surface area contributed by atoms with Crippen LogP contribution >= 0.6 is 0 Å². The molecule has 2 bridgehead atoms. The largest absolute Gasteiger partial charge is 0.511 e. The number of allylic oxidation sites excluding steroid dienone is 2. The van der Waals surface area contributed by atoms with Gasteiger partial charge in [-0.25, -0.2) is 0 Å². The Balaban J connectivity index is 2.41. The number of fused-ring (bicyclic) bond motifs is 1. The van der Waals surface area contributed by atoms with Gasteiger partial charge in [0, 0.05) is 35.8 Å². The Hall–Kier alpha value is -2.32. The lowest BCUT2D eigenvalue weighted by molar-refractivity contribution is -0.221. The highest BCUT2D eigenvalue weighted by Gasteiger charge is 2.84. The van der Waals surface area contributed by atoms with Crippen molar-refractivity contribution in [2.75, 3.05) is 0 Å². The van der Waals surface area contributed by atoms with Crippen molar-refractivity contribution in [1.82, 2.24) is 0 Å². The van der Waals surface area contributed by atoms with E-state index in [9.17, 15) is 39.6 Å². The lowest BCUT2D eigenvalue weighted by atomic mass is 9.33. The third-order valence-corrected chi connectivity index (χ3v) is 9.04. The van der Waals surface area contributed by atoms with E-state index in [-0.39, 0.29) is 24.0 Å². The van der Waals surface area contributed by atoms with Crippen LogP contribution in [-0.2, 0) is 19.2 Å². The second kappa shape index (κ2) is 9.21. The van der Waals surface area contributed by atoms with E-state index in [2.05, 4.69) is 0 Å². The van der Waals surface area contributed by atoms with Crippen LogP contribution in [0.5, 0.6) is 0 Å². The molecule has 4 aliphatic rings. The van der Waals surface area contributed by atoms with Gasteiger partial charge in [0.25, 0.3) is 0 Å². The number of aliphatic hydroxyl groups is 4. The summed E-state index contributed by atoms with van der Waals surface area (Å²) in [6, 6.07) is 0. The Kier molecular flexibility index (Phi) is 7.23. The van der Waals surface area contributed by atoms with Crippen molar-refractivity contribution in [1.29, 1.82) is 0 Å². The molecule has 1 saturated carbocycles. The molecule has 0 spiro atoms.